The zero-order valence-corrected chi connectivity index (χ0v) is 19.6. The van der Waals surface area contributed by atoms with Crippen molar-refractivity contribution in [2.75, 3.05) is 34.5 Å². The number of ether oxygens (including phenoxy) is 4. The number of carbonyl (C=O) groups is 1. The second kappa shape index (κ2) is 10.0. The van der Waals surface area contributed by atoms with Crippen molar-refractivity contribution in [1.82, 2.24) is 4.90 Å². The summed E-state index contributed by atoms with van der Waals surface area (Å²) in [6.45, 7) is 0.485. The molecule has 172 valence electrons. The molecule has 0 spiro atoms. The van der Waals surface area contributed by atoms with Gasteiger partial charge in [0.05, 0.1) is 27.4 Å². The smallest absolute Gasteiger partial charge is 0.261 e. The minimum atomic E-state index is -0.291. The van der Waals surface area contributed by atoms with Crippen LogP contribution in [-0.2, 0) is 11.2 Å². The summed E-state index contributed by atoms with van der Waals surface area (Å²) < 4.78 is 22.1. The third kappa shape index (κ3) is 4.86. The van der Waals surface area contributed by atoms with Gasteiger partial charge >= 0.3 is 0 Å². The fourth-order valence-corrected chi connectivity index (χ4v) is 4.24. The van der Waals surface area contributed by atoms with Crippen molar-refractivity contribution in [1.29, 1.82) is 0 Å². The van der Waals surface area contributed by atoms with Crippen LogP contribution in [0.1, 0.15) is 22.7 Å². The van der Waals surface area contributed by atoms with Crippen LogP contribution in [0.5, 0.6) is 23.0 Å². The molecule has 0 N–H and O–H groups in total. The molecule has 0 saturated heterocycles. The van der Waals surface area contributed by atoms with Crippen LogP contribution in [0.4, 0.5) is 0 Å². The first-order chi connectivity index (χ1) is 16.0. The highest BCUT2D eigenvalue weighted by molar-refractivity contribution is 6.30. The molecular weight excluding hydrogens is 442 g/mol. The Bertz CT molecular complexity index is 1110. The Kier molecular flexibility index (Phi) is 6.94. The topological polar surface area (TPSA) is 57.2 Å². The van der Waals surface area contributed by atoms with E-state index in [0.29, 0.717) is 35.2 Å². The molecule has 7 heteroatoms. The van der Waals surface area contributed by atoms with Gasteiger partial charge in [-0.2, -0.15) is 0 Å². The minimum absolute atomic E-state index is 0.0725. The maximum absolute atomic E-state index is 13.3. The Hall–Kier alpha value is -3.38. The Labute approximate surface area is 198 Å². The minimum Gasteiger partial charge on any atom is -0.497 e. The molecule has 0 fully saturated rings. The van der Waals surface area contributed by atoms with Crippen molar-refractivity contribution < 1.29 is 23.7 Å². The molecule has 33 heavy (non-hydrogen) atoms. The fraction of sp³-hybridized carbons (Fsp3) is 0.269. The van der Waals surface area contributed by atoms with Crippen molar-refractivity contribution >= 4 is 17.5 Å². The lowest BCUT2D eigenvalue weighted by Crippen LogP contribution is -2.43. The summed E-state index contributed by atoms with van der Waals surface area (Å²) in [5, 5.41) is 0.616. The number of benzene rings is 3. The zero-order chi connectivity index (χ0) is 23.4. The molecule has 3 aromatic rings. The van der Waals surface area contributed by atoms with Crippen molar-refractivity contribution in [2.45, 2.75) is 12.5 Å². The number of methoxy groups -OCH3 is 3. The Balaban J connectivity index is 1.68. The van der Waals surface area contributed by atoms with Gasteiger partial charge < -0.3 is 23.8 Å². The molecule has 1 aliphatic rings. The second-order valence-corrected chi connectivity index (χ2v) is 8.10. The second-order valence-electron chi connectivity index (χ2n) is 7.66. The number of rotatable bonds is 7. The van der Waals surface area contributed by atoms with Gasteiger partial charge in [-0.3, -0.25) is 4.79 Å². The average Bonchev–Trinajstić information content (AvgIpc) is 2.86. The highest BCUT2D eigenvalue weighted by Gasteiger charge is 2.33. The summed E-state index contributed by atoms with van der Waals surface area (Å²) in [6.07, 6.45) is 0.703. The molecule has 0 aliphatic carbocycles. The molecule has 4 rings (SSSR count). The number of nitrogens with zero attached hydrogens (tertiary/aromatic N) is 1. The van der Waals surface area contributed by atoms with E-state index in [1.54, 1.807) is 45.6 Å². The van der Waals surface area contributed by atoms with E-state index in [9.17, 15) is 4.79 Å². The highest BCUT2D eigenvalue weighted by Crippen LogP contribution is 2.41. The van der Waals surface area contributed by atoms with Crippen LogP contribution >= 0.6 is 11.6 Å². The first-order valence-corrected chi connectivity index (χ1v) is 11.0. The third-order valence-corrected chi connectivity index (χ3v) is 6.05. The van der Waals surface area contributed by atoms with Crippen LogP contribution in [0.2, 0.25) is 5.02 Å². The molecule has 0 radical (unpaired) electrons. The molecule has 1 atom stereocenters. The van der Waals surface area contributed by atoms with E-state index in [4.69, 9.17) is 30.5 Å². The lowest BCUT2D eigenvalue weighted by atomic mass is 9.87. The average molecular weight is 468 g/mol. The third-order valence-electron chi connectivity index (χ3n) is 5.80. The van der Waals surface area contributed by atoms with Gasteiger partial charge in [0.15, 0.2) is 18.1 Å². The fourth-order valence-electron chi connectivity index (χ4n) is 4.12. The van der Waals surface area contributed by atoms with E-state index >= 15 is 0 Å². The van der Waals surface area contributed by atoms with Crippen LogP contribution in [0.15, 0.2) is 60.7 Å². The van der Waals surface area contributed by atoms with Crippen LogP contribution in [0.25, 0.3) is 0 Å². The van der Waals surface area contributed by atoms with Gasteiger partial charge in [0.2, 0.25) is 0 Å². The molecule has 1 aliphatic heterocycles. The van der Waals surface area contributed by atoms with Gasteiger partial charge in [-0.05, 0) is 71.6 Å². The van der Waals surface area contributed by atoms with Gasteiger partial charge in [0.1, 0.15) is 11.5 Å². The van der Waals surface area contributed by atoms with Crippen molar-refractivity contribution in [2.24, 2.45) is 0 Å². The van der Waals surface area contributed by atoms with E-state index in [0.717, 1.165) is 22.4 Å². The van der Waals surface area contributed by atoms with E-state index in [1.165, 1.54) is 0 Å². The van der Waals surface area contributed by atoms with Gasteiger partial charge in [0.25, 0.3) is 5.91 Å². The first-order valence-electron chi connectivity index (χ1n) is 10.6. The summed E-state index contributed by atoms with van der Waals surface area (Å²) in [6, 6.07) is 18.4. The standard InChI is InChI=1S/C26H26ClNO5/c1-30-20-8-4-17(5-9-20)26-22-15-24(32-3)23(31-2)14-18(22)12-13-28(26)25(29)16-33-21-10-6-19(27)7-11-21/h4-11,14-15,26H,12-13,16H2,1-3H3/t26-/m0/s1. The lowest BCUT2D eigenvalue weighted by molar-refractivity contribution is -0.135. The molecule has 0 bridgehead atoms. The van der Waals surface area contributed by atoms with Gasteiger partial charge in [-0.1, -0.05) is 23.7 Å². The Morgan fingerprint density at radius 2 is 1.55 bits per heavy atom. The SMILES string of the molecule is COc1ccc([C@H]2c3cc(OC)c(OC)cc3CCN2C(=O)COc2ccc(Cl)cc2)cc1. The van der Waals surface area contributed by atoms with E-state index < -0.39 is 0 Å². The molecule has 0 unspecified atom stereocenters. The van der Waals surface area contributed by atoms with Gasteiger partial charge in [-0.25, -0.2) is 0 Å². The van der Waals surface area contributed by atoms with Crippen molar-refractivity contribution in [3.63, 3.8) is 0 Å². The predicted octanol–water partition coefficient (Wildman–Crippen LogP) is 4.92. The largest absolute Gasteiger partial charge is 0.497 e. The van der Waals surface area contributed by atoms with Crippen molar-refractivity contribution in [3.05, 3.63) is 82.4 Å². The number of hydrogen-bond acceptors (Lipinski definition) is 5. The molecule has 3 aromatic carbocycles. The van der Waals surface area contributed by atoms with E-state index in [2.05, 4.69) is 0 Å². The summed E-state index contributed by atoms with van der Waals surface area (Å²) in [5.41, 5.74) is 3.10. The molecular formula is C26H26ClNO5. The maximum Gasteiger partial charge on any atom is 0.261 e. The van der Waals surface area contributed by atoms with E-state index in [1.807, 2.05) is 41.3 Å². The summed E-state index contributed by atoms with van der Waals surface area (Å²) in [5.74, 6) is 2.55. The lowest BCUT2D eigenvalue weighted by Gasteiger charge is -2.38. The monoisotopic (exact) mass is 467 g/mol. The summed E-state index contributed by atoms with van der Waals surface area (Å²) >= 11 is 5.94. The van der Waals surface area contributed by atoms with Crippen LogP contribution in [0, 0.1) is 0 Å². The summed E-state index contributed by atoms with van der Waals surface area (Å²) in [7, 11) is 4.86. The number of fused-ring (bicyclic) bond motifs is 1. The molecule has 0 saturated carbocycles. The Morgan fingerprint density at radius 3 is 2.18 bits per heavy atom. The molecule has 6 nitrogen and oxygen atoms in total. The zero-order valence-electron chi connectivity index (χ0n) is 18.8. The van der Waals surface area contributed by atoms with Crippen LogP contribution < -0.4 is 18.9 Å². The normalized spacial score (nSPS) is 14.9. The molecule has 0 aromatic heterocycles. The van der Waals surface area contributed by atoms with Crippen molar-refractivity contribution in [3.8, 4) is 23.0 Å². The van der Waals surface area contributed by atoms with Gasteiger partial charge in [-0.15, -0.1) is 0 Å². The maximum atomic E-state index is 13.3. The molecule has 1 heterocycles. The number of hydrogen-bond donors (Lipinski definition) is 0. The Morgan fingerprint density at radius 1 is 0.909 bits per heavy atom. The van der Waals surface area contributed by atoms with Gasteiger partial charge in [0, 0.05) is 11.6 Å². The predicted molar refractivity (Wildman–Crippen MR) is 127 cm³/mol. The number of amides is 1. The first kappa shape index (κ1) is 22.8. The van der Waals surface area contributed by atoms with E-state index in [-0.39, 0.29) is 18.6 Å². The number of carbonyl (C=O) groups excluding carboxylic acids is 1. The number of halogens is 1. The molecule has 1 amide bonds. The van der Waals surface area contributed by atoms with Crippen LogP contribution in [0.3, 0.4) is 0 Å². The highest BCUT2D eigenvalue weighted by atomic mass is 35.5. The summed E-state index contributed by atoms with van der Waals surface area (Å²) in [4.78, 5) is 15.2. The quantitative estimate of drug-likeness (QED) is 0.493. The van der Waals surface area contributed by atoms with Crippen LogP contribution in [-0.4, -0.2) is 45.3 Å².